The molecule has 1 nitrogen and oxygen atoms in total. The molecular formula is C14H13BrO. The molecule has 82 valence electrons. The molecule has 2 bridgehead atoms. The summed E-state index contributed by atoms with van der Waals surface area (Å²) in [7, 11) is 0. The minimum Gasteiger partial charge on any atom is -0.294 e. The Morgan fingerprint density at radius 2 is 2.06 bits per heavy atom. The zero-order valence-electron chi connectivity index (χ0n) is 8.95. The van der Waals surface area contributed by atoms with E-state index < -0.39 is 0 Å². The fourth-order valence-corrected chi connectivity index (χ4v) is 5.63. The zero-order chi connectivity index (χ0) is 10.9. The highest BCUT2D eigenvalue weighted by Gasteiger charge is 2.64. The number of rotatable bonds is 0. The van der Waals surface area contributed by atoms with Crippen LogP contribution in [0, 0.1) is 17.8 Å². The second-order valence-electron chi connectivity index (χ2n) is 5.43. The Morgan fingerprint density at radius 3 is 2.94 bits per heavy atom. The van der Waals surface area contributed by atoms with E-state index in [1.54, 1.807) is 0 Å². The molecule has 0 radical (unpaired) electrons. The highest BCUT2D eigenvalue weighted by Crippen LogP contribution is 2.67. The van der Waals surface area contributed by atoms with Crippen LogP contribution in [0.4, 0.5) is 0 Å². The van der Waals surface area contributed by atoms with Crippen LogP contribution in [-0.4, -0.2) is 5.78 Å². The van der Waals surface area contributed by atoms with E-state index in [2.05, 4.69) is 28.1 Å². The standard InChI is InChI=1S/C14H13BrO/c15-14-9-6-5-8(7-9)12(14)13(16)10-3-1-2-4-11(10)14/h1-4,8-9,12H,5-7H2/t8-,9-,12+,14-/m1/s1. The molecule has 1 aromatic rings. The summed E-state index contributed by atoms with van der Waals surface area (Å²) in [4.78, 5) is 12.4. The number of carbonyl (C=O) groups is 1. The molecule has 1 aromatic carbocycles. The van der Waals surface area contributed by atoms with E-state index in [0.29, 0.717) is 17.6 Å². The van der Waals surface area contributed by atoms with E-state index in [0.717, 1.165) is 5.56 Å². The molecule has 0 aromatic heterocycles. The molecule has 4 atom stereocenters. The van der Waals surface area contributed by atoms with Gasteiger partial charge in [-0.2, -0.15) is 0 Å². The van der Waals surface area contributed by atoms with Crippen LogP contribution in [0.2, 0.25) is 0 Å². The molecule has 0 heterocycles. The molecule has 2 fully saturated rings. The second-order valence-corrected chi connectivity index (χ2v) is 6.74. The Hall–Kier alpha value is -0.630. The summed E-state index contributed by atoms with van der Waals surface area (Å²) < 4.78 is -0.0103. The number of hydrogen-bond acceptors (Lipinski definition) is 1. The number of alkyl halides is 1. The molecule has 3 aliphatic rings. The van der Waals surface area contributed by atoms with Crippen molar-refractivity contribution in [2.45, 2.75) is 23.6 Å². The van der Waals surface area contributed by atoms with Gasteiger partial charge in [-0.05, 0) is 36.7 Å². The predicted molar refractivity (Wildman–Crippen MR) is 65.7 cm³/mol. The van der Waals surface area contributed by atoms with Crippen LogP contribution in [0.1, 0.15) is 35.2 Å². The first-order valence-corrected chi connectivity index (χ1v) is 6.85. The van der Waals surface area contributed by atoms with Crippen molar-refractivity contribution in [2.75, 3.05) is 0 Å². The lowest BCUT2D eigenvalue weighted by Crippen LogP contribution is -2.33. The summed E-state index contributed by atoms with van der Waals surface area (Å²) in [6.07, 6.45) is 3.78. The maximum Gasteiger partial charge on any atom is 0.168 e. The van der Waals surface area contributed by atoms with Gasteiger partial charge in [0.15, 0.2) is 5.78 Å². The maximum absolute atomic E-state index is 12.4. The number of halogens is 1. The molecule has 0 saturated heterocycles. The van der Waals surface area contributed by atoms with E-state index >= 15 is 0 Å². The Kier molecular flexibility index (Phi) is 1.64. The van der Waals surface area contributed by atoms with Gasteiger partial charge in [-0.3, -0.25) is 4.79 Å². The first-order valence-electron chi connectivity index (χ1n) is 6.05. The molecule has 0 N–H and O–H groups in total. The number of Topliss-reactive ketones (excluding diaryl/α,β-unsaturated/α-hetero) is 1. The van der Waals surface area contributed by atoms with Gasteiger partial charge >= 0.3 is 0 Å². The number of benzene rings is 1. The SMILES string of the molecule is O=C1c2ccccc2[C@]2(Br)[C@@H]3CC[C@H](C3)[C@@H]12. The Balaban J connectivity index is 2.00. The van der Waals surface area contributed by atoms with Gasteiger partial charge in [0.05, 0.1) is 4.32 Å². The minimum absolute atomic E-state index is 0.0103. The minimum atomic E-state index is -0.0103. The van der Waals surface area contributed by atoms with Crippen LogP contribution in [0.5, 0.6) is 0 Å². The Labute approximate surface area is 103 Å². The molecular weight excluding hydrogens is 264 g/mol. The van der Waals surface area contributed by atoms with Crippen LogP contribution < -0.4 is 0 Å². The quantitative estimate of drug-likeness (QED) is 0.663. The van der Waals surface area contributed by atoms with Crippen LogP contribution in [0.15, 0.2) is 24.3 Å². The molecule has 2 heteroatoms. The third-order valence-electron chi connectivity index (χ3n) is 4.88. The lowest BCUT2D eigenvalue weighted by molar-refractivity contribution is 0.0873. The van der Waals surface area contributed by atoms with Crippen molar-refractivity contribution < 1.29 is 4.79 Å². The Morgan fingerprint density at radius 1 is 1.25 bits per heavy atom. The molecule has 0 amide bonds. The van der Waals surface area contributed by atoms with E-state index in [1.807, 2.05) is 12.1 Å². The van der Waals surface area contributed by atoms with Gasteiger partial charge < -0.3 is 0 Å². The molecule has 2 saturated carbocycles. The lowest BCUT2D eigenvalue weighted by atomic mass is 9.79. The van der Waals surface area contributed by atoms with Crippen molar-refractivity contribution in [1.82, 2.24) is 0 Å². The van der Waals surface area contributed by atoms with Gasteiger partial charge in [0.1, 0.15) is 0 Å². The average Bonchev–Trinajstić information content (AvgIpc) is 2.92. The summed E-state index contributed by atoms with van der Waals surface area (Å²) in [5.74, 6) is 1.92. The van der Waals surface area contributed by atoms with E-state index in [9.17, 15) is 4.79 Å². The fraction of sp³-hybridized carbons (Fsp3) is 0.500. The highest BCUT2D eigenvalue weighted by atomic mass is 79.9. The molecule has 16 heavy (non-hydrogen) atoms. The third kappa shape index (κ3) is 0.839. The number of ketones is 1. The van der Waals surface area contributed by atoms with Crippen molar-refractivity contribution in [3.05, 3.63) is 35.4 Å². The molecule has 4 rings (SSSR count). The summed E-state index contributed by atoms with van der Waals surface area (Å²) in [6, 6.07) is 8.18. The smallest absolute Gasteiger partial charge is 0.168 e. The summed E-state index contributed by atoms with van der Waals surface area (Å²) in [5.41, 5.74) is 2.23. The van der Waals surface area contributed by atoms with Crippen LogP contribution in [-0.2, 0) is 4.32 Å². The van der Waals surface area contributed by atoms with Crippen LogP contribution in [0.25, 0.3) is 0 Å². The van der Waals surface area contributed by atoms with Crippen molar-refractivity contribution >= 4 is 21.7 Å². The van der Waals surface area contributed by atoms with Crippen LogP contribution >= 0.6 is 15.9 Å². The fourth-order valence-electron chi connectivity index (χ4n) is 4.29. The van der Waals surface area contributed by atoms with Crippen molar-refractivity contribution in [3.63, 3.8) is 0 Å². The average molecular weight is 277 g/mol. The number of carbonyl (C=O) groups excluding carboxylic acids is 1. The van der Waals surface area contributed by atoms with Gasteiger partial charge in [-0.15, -0.1) is 0 Å². The zero-order valence-corrected chi connectivity index (χ0v) is 10.5. The first kappa shape index (κ1) is 9.41. The summed E-state index contributed by atoms with van der Waals surface area (Å²) in [5, 5.41) is 0. The Bertz CT molecular complexity index is 495. The normalized spacial score (nSPS) is 43.6. The second kappa shape index (κ2) is 2.79. The molecule has 0 unspecified atom stereocenters. The maximum atomic E-state index is 12.4. The molecule has 0 aliphatic heterocycles. The monoisotopic (exact) mass is 276 g/mol. The van der Waals surface area contributed by atoms with Crippen molar-refractivity contribution in [3.8, 4) is 0 Å². The van der Waals surface area contributed by atoms with E-state index in [1.165, 1.54) is 24.8 Å². The van der Waals surface area contributed by atoms with Gasteiger partial charge in [-0.25, -0.2) is 0 Å². The predicted octanol–water partition coefficient (Wildman–Crippen LogP) is 3.52. The van der Waals surface area contributed by atoms with Crippen molar-refractivity contribution in [1.29, 1.82) is 0 Å². The first-order chi connectivity index (χ1) is 7.73. The molecule has 3 aliphatic carbocycles. The van der Waals surface area contributed by atoms with Gasteiger partial charge in [-0.1, -0.05) is 40.2 Å². The van der Waals surface area contributed by atoms with Crippen molar-refractivity contribution in [2.24, 2.45) is 17.8 Å². The molecule has 0 spiro atoms. The lowest BCUT2D eigenvalue weighted by Gasteiger charge is -2.33. The van der Waals surface area contributed by atoms with Gasteiger partial charge in [0.25, 0.3) is 0 Å². The number of fused-ring (bicyclic) bond motifs is 7. The van der Waals surface area contributed by atoms with Crippen LogP contribution in [0.3, 0.4) is 0 Å². The number of hydrogen-bond donors (Lipinski definition) is 0. The van der Waals surface area contributed by atoms with Gasteiger partial charge in [0, 0.05) is 11.5 Å². The third-order valence-corrected chi connectivity index (χ3v) is 6.45. The topological polar surface area (TPSA) is 17.1 Å². The van der Waals surface area contributed by atoms with E-state index in [-0.39, 0.29) is 10.2 Å². The summed E-state index contributed by atoms with van der Waals surface area (Å²) in [6.45, 7) is 0. The largest absolute Gasteiger partial charge is 0.294 e. The highest BCUT2D eigenvalue weighted by molar-refractivity contribution is 9.09. The van der Waals surface area contributed by atoms with E-state index in [4.69, 9.17) is 0 Å². The summed E-state index contributed by atoms with van der Waals surface area (Å²) >= 11 is 3.95. The van der Waals surface area contributed by atoms with Gasteiger partial charge in [0.2, 0.25) is 0 Å².